The van der Waals surface area contributed by atoms with Crippen molar-refractivity contribution >= 4 is 33.4 Å². The Morgan fingerprint density at radius 3 is 2.72 bits per heavy atom. The van der Waals surface area contributed by atoms with Crippen LogP contribution in [-0.2, 0) is 4.74 Å². The van der Waals surface area contributed by atoms with Crippen LogP contribution in [0.5, 0.6) is 0 Å². The number of nitriles is 1. The van der Waals surface area contributed by atoms with Gasteiger partial charge in [0.1, 0.15) is 17.3 Å². The Bertz CT molecular complexity index is 926. The van der Waals surface area contributed by atoms with E-state index in [1.807, 2.05) is 26.0 Å². The molecule has 1 heterocycles. The Hall–Kier alpha value is -2.76. The number of alkyl halides is 1. The predicted octanol–water partition coefficient (Wildman–Crippen LogP) is 4.10. The van der Waals surface area contributed by atoms with Crippen molar-refractivity contribution in [1.82, 2.24) is 10.3 Å². The van der Waals surface area contributed by atoms with Crippen LogP contribution in [0.15, 0.2) is 36.4 Å². The minimum Gasteiger partial charge on any atom is -0.348 e. The largest absolute Gasteiger partial charge is 0.348 e. The number of ether oxygens (including phenoxy) is 1. The van der Waals surface area contributed by atoms with Crippen molar-refractivity contribution in [3.8, 4) is 6.07 Å². The summed E-state index contributed by atoms with van der Waals surface area (Å²) in [5.41, 5.74) is 2.21. The molecule has 0 aliphatic rings. The molecule has 0 bridgehead atoms. The Morgan fingerprint density at radius 1 is 1.28 bits per heavy atom. The first-order valence-electron chi connectivity index (χ1n) is 9.18. The van der Waals surface area contributed by atoms with Crippen LogP contribution < -0.4 is 10.6 Å². The molecule has 0 spiro atoms. The van der Waals surface area contributed by atoms with E-state index in [9.17, 15) is 9.59 Å². The molecule has 152 valence electrons. The third-order valence-electron chi connectivity index (χ3n) is 4.18. The normalized spacial score (nSPS) is 12.5. The summed E-state index contributed by atoms with van der Waals surface area (Å²) in [5, 5.41) is 13.8. The van der Waals surface area contributed by atoms with Crippen molar-refractivity contribution in [3.63, 3.8) is 0 Å². The van der Waals surface area contributed by atoms with Gasteiger partial charge in [0, 0.05) is 17.4 Å². The third kappa shape index (κ3) is 6.38. The van der Waals surface area contributed by atoms with Crippen molar-refractivity contribution in [2.45, 2.75) is 38.2 Å². The van der Waals surface area contributed by atoms with E-state index in [-0.39, 0.29) is 29.8 Å². The molecule has 2 atom stereocenters. The molecule has 1 aromatic carbocycles. The number of amides is 2. The van der Waals surface area contributed by atoms with Gasteiger partial charge in [0.05, 0.1) is 11.6 Å². The highest BCUT2D eigenvalue weighted by molar-refractivity contribution is 9.09. The van der Waals surface area contributed by atoms with E-state index in [0.717, 1.165) is 12.0 Å². The molecule has 2 amide bonds. The highest BCUT2D eigenvalue weighted by Gasteiger charge is 2.20. The topological polar surface area (TPSA) is 104 Å². The number of carbonyl (C=O) groups is 2. The van der Waals surface area contributed by atoms with Crippen LogP contribution in [0.25, 0.3) is 0 Å². The zero-order valence-corrected chi connectivity index (χ0v) is 18.1. The number of aryl methyl sites for hydroxylation is 1. The average Bonchev–Trinajstić information content (AvgIpc) is 2.71. The highest BCUT2D eigenvalue weighted by atomic mass is 79.9. The predicted molar refractivity (Wildman–Crippen MR) is 114 cm³/mol. The minimum atomic E-state index is -0.475. The van der Waals surface area contributed by atoms with Gasteiger partial charge in [-0.25, -0.2) is 4.98 Å². The van der Waals surface area contributed by atoms with E-state index >= 15 is 0 Å². The SMILES string of the molecule is CCC(C)NC(=O)c1nc(C)ccc1C(=O)Nc1cccc(C(Br)OCC#N)c1. The van der Waals surface area contributed by atoms with Crippen LogP contribution in [0.2, 0.25) is 0 Å². The average molecular weight is 459 g/mol. The van der Waals surface area contributed by atoms with Crippen molar-refractivity contribution in [1.29, 1.82) is 5.26 Å². The number of pyridine rings is 1. The molecular weight excluding hydrogens is 436 g/mol. The van der Waals surface area contributed by atoms with Crippen LogP contribution in [0.3, 0.4) is 0 Å². The zero-order valence-electron chi connectivity index (χ0n) is 16.5. The van der Waals surface area contributed by atoms with Crippen molar-refractivity contribution in [3.05, 3.63) is 58.9 Å². The van der Waals surface area contributed by atoms with Gasteiger partial charge >= 0.3 is 0 Å². The summed E-state index contributed by atoms with van der Waals surface area (Å²) in [7, 11) is 0. The molecule has 29 heavy (non-hydrogen) atoms. The molecule has 2 aromatic rings. The Kier molecular flexibility index (Phi) is 8.31. The van der Waals surface area contributed by atoms with Gasteiger partial charge in [-0.1, -0.05) is 35.0 Å². The lowest BCUT2D eigenvalue weighted by molar-refractivity contribution is 0.0922. The molecule has 2 N–H and O–H groups in total. The Morgan fingerprint density at radius 2 is 2.03 bits per heavy atom. The maximum absolute atomic E-state index is 12.8. The molecular formula is C21H23BrN4O3. The lowest BCUT2D eigenvalue weighted by Crippen LogP contribution is -2.34. The summed E-state index contributed by atoms with van der Waals surface area (Å²) in [6.45, 7) is 5.56. The second-order valence-electron chi connectivity index (χ2n) is 6.50. The summed E-state index contributed by atoms with van der Waals surface area (Å²) >= 11 is 3.35. The van der Waals surface area contributed by atoms with Crippen molar-refractivity contribution < 1.29 is 14.3 Å². The third-order valence-corrected chi connectivity index (χ3v) is 4.98. The maximum atomic E-state index is 12.8. The minimum absolute atomic E-state index is 0.0262. The van der Waals surface area contributed by atoms with E-state index in [1.165, 1.54) is 0 Å². The van der Waals surface area contributed by atoms with Gasteiger partial charge in [-0.3, -0.25) is 9.59 Å². The first-order valence-corrected chi connectivity index (χ1v) is 10.1. The molecule has 0 fully saturated rings. The van der Waals surface area contributed by atoms with Crippen LogP contribution in [-0.4, -0.2) is 29.4 Å². The maximum Gasteiger partial charge on any atom is 0.270 e. The number of halogens is 1. The molecule has 8 heteroatoms. The molecule has 2 rings (SSSR count). The number of rotatable bonds is 8. The summed E-state index contributed by atoms with van der Waals surface area (Å²) in [5.74, 6) is -0.819. The summed E-state index contributed by atoms with van der Waals surface area (Å²) in [6.07, 6.45) is 0.771. The first kappa shape index (κ1) is 22.5. The summed E-state index contributed by atoms with van der Waals surface area (Å²) in [6, 6.07) is 12.2. The lowest BCUT2D eigenvalue weighted by Gasteiger charge is -2.15. The number of nitrogens with one attached hydrogen (secondary N) is 2. The number of anilines is 1. The Balaban J connectivity index is 2.23. The van der Waals surface area contributed by atoms with Gasteiger partial charge in [0.25, 0.3) is 11.8 Å². The van der Waals surface area contributed by atoms with Crippen LogP contribution in [0.4, 0.5) is 5.69 Å². The van der Waals surface area contributed by atoms with Crippen LogP contribution in [0.1, 0.15) is 57.4 Å². The lowest BCUT2D eigenvalue weighted by atomic mass is 10.1. The van der Waals surface area contributed by atoms with Gasteiger partial charge in [0.2, 0.25) is 0 Å². The van der Waals surface area contributed by atoms with E-state index in [0.29, 0.717) is 11.4 Å². The van der Waals surface area contributed by atoms with E-state index in [2.05, 4.69) is 31.5 Å². The van der Waals surface area contributed by atoms with Crippen molar-refractivity contribution in [2.75, 3.05) is 11.9 Å². The fourth-order valence-electron chi connectivity index (χ4n) is 2.47. The highest BCUT2D eigenvalue weighted by Crippen LogP contribution is 2.26. The van der Waals surface area contributed by atoms with Crippen LogP contribution in [0, 0.1) is 18.3 Å². The van der Waals surface area contributed by atoms with Crippen molar-refractivity contribution in [2.24, 2.45) is 0 Å². The van der Waals surface area contributed by atoms with Gasteiger partial charge in [-0.05, 0) is 50.1 Å². The molecule has 0 saturated heterocycles. The summed E-state index contributed by atoms with van der Waals surface area (Å²) in [4.78, 5) is 29.7. The molecule has 0 radical (unpaired) electrons. The zero-order chi connectivity index (χ0) is 21.4. The smallest absolute Gasteiger partial charge is 0.270 e. The van der Waals surface area contributed by atoms with Crippen LogP contribution >= 0.6 is 15.9 Å². The summed E-state index contributed by atoms with van der Waals surface area (Å²) < 4.78 is 5.31. The fraction of sp³-hybridized carbons (Fsp3) is 0.333. The number of hydrogen-bond acceptors (Lipinski definition) is 5. The second kappa shape index (κ2) is 10.7. The molecule has 0 aliphatic heterocycles. The monoisotopic (exact) mass is 458 g/mol. The standard InChI is InChI=1S/C21H23BrN4O3/c1-4-13(2)25-21(28)18-17(9-8-14(3)24-18)20(27)26-16-7-5-6-15(12-16)19(22)29-11-10-23/h5-9,12-13,19H,4,11H2,1-3H3,(H,25,28)(H,26,27). The molecule has 0 saturated carbocycles. The van der Waals surface area contributed by atoms with Gasteiger partial charge in [0.15, 0.2) is 0 Å². The Labute approximate surface area is 178 Å². The number of nitrogens with zero attached hydrogens (tertiary/aromatic N) is 2. The number of aromatic nitrogens is 1. The van der Waals surface area contributed by atoms with Gasteiger partial charge in [-0.15, -0.1) is 0 Å². The molecule has 7 nitrogen and oxygen atoms in total. The molecule has 1 aromatic heterocycles. The fourth-order valence-corrected chi connectivity index (χ4v) is 2.89. The van der Waals surface area contributed by atoms with Gasteiger partial charge in [-0.2, -0.15) is 5.26 Å². The number of benzene rings is 1. The second-order valence-corrected chi connectivity index (χ2v) is 7.33. The number of hydrogen-bond donors (Lipinski definition) is 2. The first-order chi connectivity index (χ1) is 13.8. The van der Waals surface area contributed by atoms with E-state index < -0.39 is 10.9 Å². The quantitative estimate of drug-likeness (QED) is 0.579. The van der Waals surface area contributed by atoms with E-state index in [1.54, 1.807) is 37.3 Å². The molecule has 2 unspecified atom stereocenters. The van der Waals surface area contributed by atoms with Gasteiger partial charge < -0.3 is 15.4 Å². The van der Waals surface area contributed by atoms with E-state index in [4.69, 9.17) is 10.00 Å². The molecule has 0 aliphatic carbocycles. The number of carbonyl (C=O) groups excluding carboxylic acids is 2.